The summed E-state index contributed by atoms with van der Waals surface area (Å²) in [4.78, 5) is 12.0. The summed E-state index contributed by atoms with van der Waals surface area (Å²) in [6.07, 6.45) is 6.13. The lowest BCUT2D eigenvalue weighted by molar-refractivity contribution is -0.144. The second-order valence-corrected chi connectivity index (χ2v) is 9.12. The molecule has 3 aliphatic carbocycles. The molecule has 0 aliphatic heterocycles. The zero-order chi connectivity index (χ0) is 19.2. The van der Waals surface area contributed by atoms with Gasteiger partial charge in [-0.05, 0) is 97.8 Å². The summed E-state index contributed by atoms with van der Waals surface area (Å²) in [5, 5.41) is 20.7. The summed E-state index contributed by atoms with van der Waals surface area (Å²) in [5.41, 5.74) is 2.59. The summed E-state index contributed by atoms with van der Waals surface area (Å²) in [6.45, 7) is 4.55. The van der Waals surface area contributed by atoms with Crippen LogP contribution in [-0.2, 0) is 16.0 Å². The Morgan fingerprint density at radius 1 is 1.30 bits per heavy atom. The Bertz CT molecular complexity index is 714. The number of fused-ring (bicyclic) bond motifs is 5. The number of aliphatic hydroxyl groups is 1. The van der Waals surface area contributed by atoms with Crippen LogP contribution in [0.3, 0.4) is 0 Å². The van der Waals surface area contributed by atoms with Crippen LogP contribution in [-0.4, -0.2) is 28.9 Å². The first-order valence-electron chi connectivity index (χ1n) is 10.6. The number of ether oxygens (including phenoxy) is 1. The molecule has 4 rings (SSSR count). The van der Waals surface area contributed by atoms with Crippen LogP contribution in [0.4, 0.5) is 0 Å². The van der Waals surface area contributed by atoms with Gasteiger partial charge in [0, 0.05) is 6.42 Å². The fourth-order valence-electron chi connectivity index (χ4n) is 6.67. The average molecular weight is 373 g/mol. The van der Waals surface area contributed by atoms with Crippen molar-refractivity contribution in [2.75, 3.05) is 6.61 Å². The number of aryl methyl sites for hydroxylation is 1. The van der Waals surface area contributed by atoms with Gasteiger partial charge in [0.25, 0.3) is 0 Å². The number of esters is 1. The maximum atomic E-state index is 12.0. The van der Waals surface area contributed by atoms with E-state index < -0.39 is 0 Å². The van der Waals surface area contributed by atoms with Gasteiger partial charge < -0.3 is 14.9 Å². The maximum absolute atomic E-state index is 12.0. The number of phenols is 1. The number of hydrogen-bond acceptors (Lipinski definition) is 4. The van der Waals surface area contributed by atoms with E-state index in [1.165, 1.54) is 11.1 Å². The molecule has 1 aromatic rings. The minimum atomic E-state index is -0.227. The Labute approximate surface area is 161 Å². The van der Waals surface area contributed by atoms with Crippen LogP contribution in [0.5, 0.6) is 5.75 Å². The molecule has 5 unspecified atom stereocenters. The van der Waals surface area contributed by atoms with Gasteiger partial charge in [-0.15, -0.1) is 0 Å². The smallest absolute Gasteiger partial charge is 0.305 e. The number of carbonyl (C=O) groups is 1. The van der Waals surface area contributed by atoms with Gasteiger partial charge in [-0.25, -0.2) is 0 Å². The first kappa shape index (κ1) is 18.8. The van der Waals surface area contributed by atoms with Crippen LogP contribution in [0.25, 0.3) is 0 Å². The Morgan fingerprint density at radius 3 is 2.89 bits per heavy atom. The molecule has 2 saturated carbocycles. The summed E-state index contributed by atoms with van der Waals surface area (Å²) in [7, 11) is 0. The molecule has 0 saturated heterocycles. The standard InChI is InChI=1S/C23H32O4/c1-3-27-21(26)11-5-15-13-23(2)19(9-10-20(23)25)18-7-4-14-12-16(24)6-8-17(14)22(15)18/h6,8,12,15,18-20,22,24-25H,3-5,7,9-11,13H2,1-2H3/t15-,18?,19?,20?,22?,23?/m0/s1. The molecule has 0 radical (unpaired) electrons. The van der Waals surface area contributed by atoms with E-state index in [2.05, 4.69) is 13.0 Å². The monoisotopic (exact) mass is 372 g/mol. The van der Waals surface area contributed by atoms with Gasteiger partial charge in [-0.3, -0.25) is 4.79 Å². The van der Waals surface area contributed by atoms with Crippen molar-refractivity contribution in [2.24, 2.45) is 23.2 Å². The van der Waals surface area contributed by atoms with E-state index in [4.69, 9.17) is 4.74 Å². The number of carbonyl (C=O) groups excluding carboxylic acids is 1. The number of aromatic hydroxyl groups is 1. The van der Waals surface area contributed by atoms with Crippen LogP contribution < -0.4 is 0 Å². The molecule has 0 heterocycles. The van der Waals surface area contributed by atoms with Gasteiger partial charge in [-0.2, -0.15) is 0 Å². The molecule has 3 aliphatic rings. The highest BCUT2D eigenvalue weighted by Gasteiger charge is 2.57. The molecule has 4 heteroatoms. The van der Waals surface area contributed by atoms with E-state index in [9.17, 15) is 15.0 Å². The van der Waals surface area contributed by atoms with Gasteiger partial charge in [0.2, 0.25) is 0 Å². The van der Waals surface area contributed by atoms with Crippen LogP contribution >= 0.6 is 0 Å². The molecule has 0 bridgehead atoms. The third kappa shape index (κ3) is 3.16. The first-order valence-corrected chi connectivity index (χ1v) is 10.6. The summed E-state index contributed by atoms with van der Waals surface area (Å²) >= 11 is 0. The topological polar surface area (TPSA) is 66.8 Å². The number of phenolic OH excluding ortho intramolecular Hbond substituents is 1. The van der Waals surface area contributed by atoms with Gasteiger partial charge in [0.15, 0.2) is 0 Å². The quantitative estimate of drug-likeness (QED) is 0.778. The fourth-order valence-corrected chi connectivity index (χ4v) is 6.67. The summed E-state index contributed by atoms with van der Waals surface area (Å²) in [5.74, 6) is 2.13. The van der Waals surface area contributed by atoms with Crippen molar-refractivity contribution in [3.63, 3.8) is 0 Å². The van der Waals surface area contributed by atoms with Gasteiger partial charge in [0.1, 0.15) is 5.75 Å². The molecule has 27 heavy (non-hydrogen) atoms. The summed E-state index contributed by atoms with van der Waals surface area (Å²) < 4.78 is 5.17. The lowest BCUT2D eigenvalue weighted by Crippen LogP contribution is -2.48. The van der Waals surface area contributed by atoms with Crippen molar-refractivity contribution in [1.82, 2.24) is 0 Å². The third-order valence-electron chi connectivity index (χ3n) is 7.80. The van der Waals surface area contributed by atoms with Crippen molar-refractivity contribution >= 4 is 5.97 Å². The highest BCUT2D eigenvalue weighted by Crippen LogP contribution is 2.63. The maximum Gasteiger partial charge on any atom is 0.305 e. The minimum Gasteiger partial charge on any atom is -0.508 e. The van der Waals surface area contributed by atoms with E-state index in [1.54, 1.807) is 6.07 Å². The molecule has 0 spiro atoms. The Balaban J connectivity index is 1.66. The number of aliphatic hydroxyl groups excluding tert-OH is 1. The SMILES string of the molecule is CCOC(=O)CC[C@H]1CC2(C)C(O)CCC2C2CCc3cc(O)ccc3C21. The highest BCUT2D eigenvalue weighted by molar-refractivity contribution is 5.69. The largest absolute Gasteiger partial charge is 0.508 e. The molecular formula is C23H32O4. The number of benzene rings is 1. The first-order chi connectivity index (χ1) is 12.9. The third-order valence-corrected chi connectivity index (χ3v) is 7.80. The predicted octanol–water partition coefficient (Wildman–Crippen LogP) is 4.18. The molecular weight excluding hydrogens is 340 g/mol. The molecule has 0 aromatic heterocycles. The second kappa shape index (κ2) is 7.12. The molecule has 2 N–H and O–H groups in total. The predicted molar refractivity (Wildman–Crippen MR) is 103 cm³/mol. The Morgan fingerprint density at radius 2 is 2.11 bits per heavy atom. The Kier molecular flexibility index (Phi) is 4.96. The van der Waals surface area contributed by atoms with Crippen LogP contribution in [0, 0.1) is 23.2 Å². The normalized spacial score (nSPS) is 37.2. The lowest BCUT2D eigenvalue weighted by Gasteiger charge is -2.54. The van der Waals surface area contributed by atoms with Crippen molar-refractivity contribution < 1.29 is 19.7 Å². The van der Waals surface area contributed by atoms with Crippen LogP contribution in [0.2, 0.25) is 0 Å². The summed E-state index contributed by atoms with van der Waals surface area (Å²) in [6, 6.07) is 5.83. The number of rotatable bonds is 4. The minimum absolute atomic E-state index is 0.0328. The van der Waals surface area contributed by atoms with E-state index >= 15 is 0 Å². The molecule has 1 aromatic carbocycles. The highest BCUT2D eigenvalue weighted by atomic mass is 16.5. The Hall–Kier alpha value is -1.55. The second-order valence-electron chi connectivity index (χ2n) is 9.12. The zero-order valence-corrected chi connectivity index (χ0v) is 16.5. The number of hydrogen-bond donors (Lipinski definition) is 2. The van der Waals surface area contributed by atoms with E-state index in [0.29, 0.717) is 42.4 Å². The molecule has 148 valence electrons. The van der Waals surface area contributed by atoms with Crippen molar-refractivity contribution in [1.29, 1.82) is 0 Å². The van der Waals surface area contributed by atoms with Crippen molar-refractivity contribution in [3.05, 3.63) is 29.3 Å². The van der Waals surface area contributed by atoms with Gasteiger partial charge in [0.05, 0.1) is 12.7 Å². The van der Waals surface area contributed by atoms with E-state index in [1.807, 2.05) is 13.0 Å². The van der Waals surface area contributed by atoms with Gasteiger partial charge >= 0.3 is 5.97 Å². The van der Waals surface area contributed by atoms with E-state index in [0.717, 1.165) is 38.5 Å². The van der Waals surface area contributed by atoms with E-state index in [-0.39, 0.29) is 17.5 Å². The fraction of sp³-hybridized carbons (Fsp3) is 0.696. The molecule has 0 amide bonds. The lowest BCUT2D eigenvalue weighted by atomic mass is 9.51. The van der Waals surface area contributed by atoms with Crippen LogP contribution in [0.1, 0.15) is 69.4 Å². The van der Waals surface area contributed by atoms with Crippen molar-refractivity contribution in [3.8, 4) is 5.75 Å². The molecule has 6 atom stereocenters. The van der Waals surface area contributed by atoms with Crippen molar-refractivity contribution in [2.45, 2.75) is 70.8 Å². The average Bonchev–Trinajstić information content (AvgIpc) is 2.94. The molecule has 4 nitrogen and oxygen atoms in total. The van der Waals surface area contributed by atoms with Gasteiger partial charge in [-0.1, -0.05) is 13.0 Å². The molecule has 2 fully saturated rings. The van der Waals surface area contributed by atoms with Crippen LogP contribution in [0.15, 0.2) is 18.2 Å². The zero-order valence-electron chi connectivity index (χ0n) is 16.5.